The van der Waals surface area contributed by atoms with Crippen LogP contribution in [0.15, 0.2) is 50.1 Å². The van der Waals surface area contributed by atoms with Gasteiger partial charge in [-0.2, -0.15) is 0 Å². The number of rotatable bonds is 6. The Morgan fingerprint density at radius 3 is 2.69 bits per heavy atom. The molecular formula is C15H13N3O7S. The van der Waals surface area contributed by atoms with Gasteiger partial charge in [0.1, 0.15) is 18.2 Å². The van der Waals surface area contributed by atoms with E-state index >= 15 is 0 Å². The number of carbonyl (C=O) groups is 3. The second kappa shape index (κ2) is 8.25. The summed E-state index contributed by atoms with van der Waals surface area (Å²) < 4.78 is 5.05. The average molecular weight is 379 g/mol. The first kappa shape index (κ1) is 19.1. The number of carboxylic acids is 2. The lowest BCUT2D eigenvalue weighted by atomic mass is 10.2. The molecule has 0 aliphatic carbocycles. The third-order valence-electron chi connectivity index (χ3n) is 3.01. The van der Waals surface area contributed by atoms with Crippen LogP contribution in [0.4, 0.5) is 0 Å². The van der Waals surface area contributed by atoms with E-state index in [1.54, 1.807) is 0 Å². The number of oxime groups is 1. The number of aliphatic imine (C=N–C) groups is 2. The molecule has 11 heteroatoms. The van der Waals surface area contributed by atoms with Crippen LogP contribution >= 0.6 is 11.8 Å². The Kier molecular flexibility index (Phi) is 6.07. The molecule has 0 fully saturated rings. The van der Waals surface area contributed by atoms with Crippen molar-refractivity contribution < 1.29 is 33.9 Å². The van der Waals surface area contributed by atoms with Crippen LogP contribution in [0.1, 0.15) is 5.76 Å². The summed E-state index contributed by atoms with van der Waals surface area (Å²) in [6, 6.07) is 2.92. The minimum absolute atomic E-state index is 0.0322. The smallest absolute Gasteiger partial charge is 0.354 e. The molecule has 1 aliphatic heterocycles. The van der Waals surface area contributed by atoms with E-state index in [0.29, 0.717) is 0 Å². The summed E-state index contributed by atoms with van der Waals surface area (Å²) in [5.74, 6) is -3.73. The summed E-state index contributed by atoms with van der Waals surface area (Å²) in [6.07, 6.45) is 1.29. The van der Waals surface area contributed by atoms with E-state index in [-0.39, 0.29) is 28.5 Å². The minimum atomic E-state index is -1.52. The fourth-order valence-electron chi connectivity index (χ4n) is 1.91. The molecule has 0 saturated heterocycles. The average Bonchev–Trinajstić information content (AvgIpc) is 3.11. The SMILES string of the molecule is C=C1CSC(C(=NC(=O)/C(=N\OC)c2ccco2)C(=O)O)N=C1C(=O)O. The fraction of sp³-hybridized carbons (Fsp3) is 0.200. The summed E-state index contributed by atoms with van der Waals surface area (Å²) in [6.45, 7) is 3.57. The van der Waals surface area contributed by atoms with Crippen LogP contribution in [-0.2, 0) is 19.2 Å². The highest BCUT2D eigenvalue weighted by atomic mass is 32.2. The number of nitrogens with zero attached hydrogens (tertiary/aromatic N) is 3. The largest absolute Gasteiger partial charge is 0.477 e. The van der Waals surface area contributed by atoms with E-state index < -0.39 is 28.9 Å². The molecule has 0 radical (unpaired) electrons. The predicted octanol–water partition coefficient (Wildman–Crippen LogP) is 0.837. The van der Waals surface area contributed by atoms with E-state index in [0.717, 1.165) is 11.8 Å². The normalized spacial score (nSPS) is 18.3. The fourth-order valence-corrected chi connectivity index (χ4v) is 2.89. The second-order valence-electron chi connectivity index (χ2n) is 4.76. The zero-order chi connectivity index (χ0) is 19.3. The molecule has 136 valence electrons. The van der Waals surface area contributed by atoms with Gasteiger partial charge in [0.05, 0.1) is 6.26 Å². The first-order chi connectivity index (χ1) is 12.3. The Bertz CT molecular complexity index is 839. The Labute approximate surface area is 150 Å². The lowest BCUT2D eigenvalue weighted by Gasteiger charge is -2.19. The molecule has 2 N–H and O–H groups in total. The summed E-state index contributed by atoms with van der Waals surface area (Å²) in [5.41, 5.74) is -1.09. The van der Waals surface area contributed by atoms with Crippen molar-refractivity contribution in [2.75, 3.05) is 12.9 Å². The number of hydrogen-bond acceptors (Lipinski definition) is 8. The molecule has 2 rings (SSSR count). The molecule has 0 aromatic carbocycles. The maximum atomic E-state index is 12.4. The number of carbonyl (C=O) groups excluding carboxylic acids is 1. The number of amides is 1. The van der Waals surface area contributed by atoms with Gasteiger partial charge in [-0.15, -0.1) is 11.8 Å². The van der Waals surface area contributed by atoms with E-state index in [4.69, 9.17) is 9.52 Å². The van der Waals surface area contributed by atoms with Crippen LogP contribution in [0.3, 0.4) is 0 Å². The van der Waals surface area contributed by atoms with Crippen molar-refractivity contribution in [2.24, 2.45) is 15.1 Å². The molecule has 0 spiro atoms. The molecule has 0 bridgehead atoms. The second-order valence-corrected chi connectivity index (χ2v) is 5.83. The summed E-state index contributed by atoms with van der Waals surface area (Å²) in [5, 5.41) is 20.8. The Morgan fingerprint density at radius 2 is 2.15 bits per heavy atom. The van der Waals surface area contributed by atoms with Gasteiger partial charge in [-0.05, 0) is 17.7 Å². The van der Waals surface area contributed by atoms with Crippen molar-refractivity contribution in [1.29, 1.82) is 0 Å². The Morgan fingerprint density at radius 1 is 1.42 bits per heavy atom. The van der Waals surface area contributed by atoms with Crippen LogP contribution in [-0.4, -0.2) is 63.4 Å². The minimum Gasteiger partial charge on any atom is -0.477 e. The number of carboxylic acid groups (broad SMARTS) is 2. The van der Waals surface area contributed by atoms with Gasteiger partial charge in [0, 0.05) is 5.75 Å². The lowest BCUT2D eigenvalue weighted by molar-refractivity contribution is -0.130. The highest BCUT2D eigenvalue weighted by molar-refractivity contribution is 8.01. The van der Waals surface area contributed by atoms with Crippen molar-refractivity contribution in [3.63, 3.8) is 0 Å². The summed E-state index contributed by atoms with van der Waals surface area (Å²) >= 11 is 0.985. The van der Waals surface area contributed by atoms with E-state index in [9.17, 15) is 19.5 Å². The Hall–Kier alpha value is -3.21. The molecule has 1 aliphatic rings. The van der Waals surface area contributed by atoms with Crippen molar-refractivity contribution in [2.45, 2.75) is 5.37 Å². The zero-order valence-corrected chi connectivity index (χ0v) is 14.2. The molecule has 26 heavy (non-hydrogen) atoms. The Balaban J connectivity index is 2.42. The molecule has 1 aromatic heterocycles. The van der Waals surface area contributed by atoms with Crippen LogP contribution in [0.25, 0.3) is 0 Å². The summed E-state index contributed by atoms with van der Waals surface area (Å²) in [4.78, 5) is 47.0. The highest BCUT2D eigenvalue weighted by Gasteiger charge is 2.31. The van der Waals surface area contributed by atoms with Crippen LogP contribution in [0.5, 0.6) is 0 Å². The predicted molar refractivity (Wildman–Crippen MR) is 92.8 cm³/mol. The van der Waals surface area contributed by atoms with E-state index in [2.05, 4.69) is 26.6 Å². The van der Waals surface area contributed by atoms with Crippen molar-refractivity contribution in [3.8, 4) is 0 Å². The van der Waals surface area contributed by atoms with Crippen molar-refractivity contribution in [3.05, 3.63) is 36.3 Å². The molecule has 1 unspecified atom stereocenters. The van der Waals surface area contributed by atoms with Gasteiger partial charge in [-0.25, -0.2) is 14.6 Å². The first-order valence-corrected chi connectivity index (χ1v) is 8.02. The lowest BCUT2D eigenvalue weighted by Crippen LogP contribution is -2.33. The third kappa shape index (κ3) is 4.25. The first-order valence-electron chi connectivity index (χ1n) is 6.97. The zero-order valence-electron chi connectivity index (χ0n) is 13.4. The van der Waals surface area contributed by atoms with Gasteiger partial charge in [-0.3, -0.25) is 9.79 Å². The molecule has 1 atom stereocenters. The van der Waals surface area contributed by atoms with E-state index in [1.807, 2.05) is 0 Å². The van der Waals surface area contributed by atoms with Gasteiger partial charge in [0.15, 0.2) is 11.5 Å². The third-order valence-corrected chi connectivity index (χ3v) is 4.17. The topological polar surface area (TPSA) is 151 Å². The number of furan rings is 1. The van der Waals surface area contributed by atoms with Crippen molar-refractivity contribution in [1.82, 2.24) is 0 Å². The van der Waals surface area contributed by atoms with Gasteiger partial charge in [-0.1, -0.05) is 11.7 Å². The molecule has 1 aromatic rings. The molecule has 0 saturated carbocycles. The van der Waals surface area contributed by atoms with Crippen molar-refractivity contribution >= 4 is 46.7 Å². The van der Waals surface area contributed by atoms with Gasteiger partial charge >= 0.3 is 17.8 Å². The van der Waals surface area contributed by atoms with Gasteiger partial charge in [0.2, 0.25) is 5.71 Å². The van der Waals surface area contributed by atoms with Crippen LogP contribution in [0.2, 0.25) is 0 Å². The standard InChI is InChI=1S/C15H13N3O7S/c1-7-6-26-13(17-9(7)14(20)21)11(15(22)23)16-12(19)10(18-24-2)8-4-3-5-25-8/h3-5,13H,1,6H2,2H3,(H,20,21)(H,22,23)/b16-11?,18-10-. The number of thioether (sulfide) groups is 1. The van der Waals surface area contributed by atoms with Crippen LogP contribution < -0.4 is 0 Å². The molecule has 2 heterocycles. The maximum Gasteiger partial charge on any atom is 0.354 e. The van der Waals surface area contributed by atoms with E-state index in [1.165, 1.54) is 25.5 Å². The summed E-state index contributed by atoms with van der Waals surface area (Å²) in [7, 11) is 1.20. The highest BCUT2D eigenvalue weighted by Crippen LogP contribution is 2.24. The quantitative estimate of drug-likeness (QED) is 0.545. The van der Waals surface area contributed by atoms with Gasteiger partial charge < -0.3 is 19.5 Å². The number of aliphatic carboxylic acids is 2. The van der Waals surface area contributed by atoms with Gasteiger partial charge in [0.25, 0.3) is 0 Å². The monoisotopic (exact) mass is 379 g/mol. The molecular weight excluding hydrogens is 366 g/mol. The molecule has 10 nitrogen and oxygen atoms in total. The number of hydrogen-bond donors (Lipinski definition) is 2. The maximum absolute atomic E-state index is 12.4. The van der Waals surface area contributed by atoms with Crippen LogP contribution in [0, 0.1) is 0 Å². The molecule has 1 amide bonds.